The van der Waals surface area contributed by atoms with Crippen LogP contribution in [-0.4, -0.2) is 66.7 Å². The van der Waals surface area contributed by atoms with E-state index in [1.807, 2.05) is 18.2 Å². The average molecular weight is 468 g/mol. The largest absolute Gasteiger partial charge is 0.379 e. The number of nitro groups is 1. The van der Waals surface area contributed by atoms with Gasteiger partial charge in [0.15, 0.2) is 0 Å². The minimum Gasteiger partial charge on any atom is -0.379 e. The molecule has 0 radical (unpaired) electrons. The van der Waals surface area contributed by atoms with Gasteiger partial charge in [-0.3, -0.25) is 24.6 Å². The maximum Gasteiger partial charge on any atom is 0.269 e. The Hall–Kier alpha value is -3.63. The van der Waals surface area contributed by atoms with Crippen LogP contribution < -0.4 is 10.7 Å². The molecule has 1 heterocycles. The lowest BCUT2D eigenvalue weighted by Crippen LogP contribution is -2.50. The molecule has 0 spiro atoms. The second kappa shape index (κ2) is 13.2. The zero-order valence-electron chi connectivity index (χ0n) is 18.9. The SMILES string of the molecule is O=C(NCCCC[C@@H](C(=O)N/N=C/c1ccc([N+](=O)[O-])cc1)N1CCOCC1)c1ccccc1. The fourth-order valence-electron chi connectivity index (χ4n) is 3.65. The molecule has 1 aliphatic heterocycles. The topological polar surface area (TPSA) is 126 Å². The molecule has 0 saturated carbocycles. The first-order valence-corrected chi connectivity index (χ1v) is 11.3. The first-order valence-electron chi connectivity index (χ1n) is 11.3. The molecule has 1 saturated heterocycles. The Kier molecular flexibility index (Phi) is 9.68. The van der Waals surface area contributed by atoms with Crippen molar-refractivity contribution in [2.24, 2.45) is 5.10 Å². The summed E-state index contributed by atoms with van der Waals surface area (Å²) in [6.45, 7) is 3.00. The van der Waals surface area contributed by atoms with Gasteiger partial charge in [0, 0.05) is 37.3 Å². The van der Waals surface area contributed by atoms with Crippen LogP contribution in [0.2, 0.25) is 0 Å². The molecule has 0 aliphatic carbocycles. The van der Waals surface area contributed by atoms with Crippen LogP contribution in [0.15, 0.2) is 59.7 Å². The number of carbonyl (C=O) groups excluding carboxylic acids is 2. The molecule has 1 atom stereocenters. The second-order valence-electron chi connectivity index (χ2n) is 7.86. The van der Waals surface area contributed by atoms with Crippen LogP contribution in [0.4, 0.5) is 5.69 Å². The summed E-state index contributed by atoms with van der Waals surface area (Å²) in [4.78, 5) is 37.4. The van der Waals surface area contributed by atoms with Crippen LogP contribution in [0, 0.1) is 10.1 Å². The van der Waals surface area contributed by atoms with E-state index in [2.05, 4.69) is 20.7 Å². The number of amides is 2. The number of hydrazone groups is 1. The van der Waals surface area contributed by atoms with Crippen molar-refractivity contribution >= 4 is 23.7 Å². The number of nitrogens with one attached hydrogen (secondary N) is 2. The van der Waals surface area contributed by atoms with Crippen molar-refractivity contribution in [3.8, 4) is 0 Å². The van der Waals surface area contributed by atoms with Gasteiger partial charge in [-0.05, 0) is 49.1 Å². The highest BCUT2D eigenvalue weighted by molar-refractivity contribution is 5.94. The molecule has 10 heteroatoms. The molecule has 0 unspecified atom stereocenters. The van der Waals surface area contributed by atoms with Gasteiger partial charge in [-0.2, -0.15) is 5.10 Å². The number of carbonyl (C=O) groups is 2. The Morgan fingerprint density at radius 1 is 1.09 bits per heavy atom. The van der Waals surface area contributed by atoms with Gasteiger partial charge in [0.2, 0.25) is 0 Å². The van der Waals surface area contributed by atoms with E-state index in [0.29, 0.717) is 50.4 Å². The van der Waals surface area contributed by atoms with Crippen molar-refractivity contribution in [2.45, 2.75) is 25.3 Å². The smallest absolute Gasteiger partial charge is 0.269 e. The lowest BCUT2D eigenvalue weighted by Gasteiger charge is -2.33. The normalized spacial score (nSPS) is 15.1. The molecule has 2 amide bonds. The predicted octanol–water partition coefficient (Wildman–Crippen LogP) is 2.35. The lowest BCUT2D eigenvalue weighted by atomic mass is 10.1. The average Bonchev–Trinajstić information content (AvgIpc) is 2.87. The molecule has 0 aromatic heterocycles. The third kappa shape index (κ3) is 7.75. The van der Waals surface area contributed by atoms with Crippen LogP contribution in [0.3, 0.4) is 0 Å². The molecule has 2 aromatic carbocycles. The van der Waals surface area contributed by atoms with Gasteiger partial charge < -0.3 is 10.1 Å². The molecule has 2 N–H and O–H groups in total. The molecule has 2 aromatic rings. The van der Waals surface area contributed by atoms with Gasteiger partial charge in [-0.1, -0.05) is 18.2 Å². The van der Waals surface area contributed by atoms with E-state index in [1.54, 1.807) is 24.3 Å². The third-order valence-corrected chi connectivity index (χ3v) is 5.51. The zero-order valence-corrected chi connectivity index (χ0v) is 18.9. The number of benzene rings is 2. The van der Waals surface area contributed by atoms with E-state index >= 15 is 0 Å². The quantitative estimate of drug-likeness (QED) is 0.226. The first kappa shape index (κ1) is 25.0. The second-order valence-corrected chi connectivity index (χ2v) is 7.86. The first-order chi connectivity index (χ1) is 16.5. The van der Waals surface area contributed by atoms with Gasteiger partial charge in [0.05, 0.1) is 30.4 Å². The number of hydrogen-bond acceptors (Lipinski definition) is 7. The Morgan fingerprint density at radius 3 is 2.47 bits per heavy atom. The highest BCUT2D eigenvalue weighted by Gasteiger charge is 2.26. The monoisotopic (exact) mass is 467 g/mol. The number of hydrogen-bond donors (Lipinski definition) is 2. The summed E-state index contributed by atoms with van der Waals surface area (Å²) in [5.74, 6) is -0.322. The molecule has 3 rings (SSSR count). The number of ether oxygens (including phenoxy) is 1. The number of nitrogens with zero attached hydrogens (tertiary/aromatic N) is 3. The third-order valence-electron chi connectivity index (χ3n) is 5.51. The number of morpholine rings is 1. The van der Waals surface area contributed by atoms with Gasteiger partial charge in [0.1, 0.15) is 0 Å². The van der Waals surface area contributed by atoms with Crippen LogP contribution in [-0.2, 0) is 9.53 Å². The number of unbranched alkanes of at least 4 members (excludes halogenated alkanes) is 1. The van der Waals surface area contributed by atoms with Crippen LogP contribution >= 0.6 is 0 Å². The molecular formula is C24H29N5O5. The van der Waals surface area contributed by atoms with Crippen LogP contribution in [0.1, 0.15) is 35.2 Å². The summed E-state index contributed by atoms with van der Waals surface area (Å²) in [6, 6.07) is 14.6. The van der Waals surface area contributed by atoms with Crippen molar-refractivity contribution in [1.82, 2.24) is 15.6 Å². The van der Waals surface area contributed by atoms with Gasteiger partial charge in [-0.15, -0.1) is 0 Å². The van der Waals surface area contributed by atoms with Gasteiger partial charge in [0.25, 0.3) is 17.5 Å². The zero-order chi connectivity index (χ0) is 24.2. The lowest BCUT2D eigenvalue weighted by molar-refractivity contribution is -0.384. The van der Waals surface area contributed by atoms with Crippen molar-refractivity contribution in [3.05, 3.63) is 75.8 Å². The summed E-state index contributed by atoms with van der Waals surface area (Å²) in [5.41, 5.74) is 3.85. The molecule has 10 nitrogen and oxygen atoms in total. The molecule has 1 aliphatic rings. The fraction of sp³-hybridized carbons (Fsp3) is 0.375. The standard InChI is InChI=1S/C24H29N5O5/c30-23(20-6-2-1-3-7-20)25-13-5-4-8-22(28-14-16-34-17-15-28)24(31)27-26-18-19-9-11-21(12-10-19)29(32)33/h1-3,6-7,9-12,18,22H,4-5,8,13-17H2,(H,25,30)(H,27,31)/b26-18+/t22-/m0/s1. The minimum absolute atomic E-state index is 0.00600. The van der Waals surface area contributed by atoms with Crippen molar-refractivity contribution in [2.75, 3.05) is 32.8 Å². The van der Waals surface area contributed by atoms with E-state index in [9.17, 15) is 19.7 Å². The number of non-ortho nitro benzene ring substituents is 1. The minimum atomic E-state index is -0.470. The molecule has 34 heavy (non-hydrogen) atoms. The van der Waals surface area contributed by atoms with Gasteiger partial charge in [-0.25, -0.2) is 5.43 Å². The fourth-order valence-corrected chi connectivity index (χ4v) is 3.65. The maximum atomic E-state index is 12.9. The predicted molar refractivity (Wildman–Crippen MR) is 128 cm³/mol. The van der Waals surface area contributed by atoms with Crippen molar-refractivity contribution in [3.63, 3.8) is 0 Å². The Morgan fingerprint density at radius 2 is 1.79 bits per heavy atom. The summed E-state index contributed by atoms with van der Waals surface area (Å²) in [6.07, 6.45) is 3.59. The Labute approximate surface area is 198 Å². The van der Waals surface area contributed by atoms with Crippen molar-refractivity contribution in [1.29, 1.82) is 0 Å². The van der Waals surface area contributed by atoms with Crippen LogP contribution in [0.25, 0.3) is 0 Å². The Balaban J connectivity index is 1.48. The number of rotatable bonds is 11. The summed E-state index contributed by atoms with van der Waals surface area (Å²) >= 11 is 0. The van der Waals surface area contributed by atoms with E-state index in [-0.39, 0.29) is 23.5 Å². The van der Waals surface area contributed by atoms with E-state index < -0.39 is 4.92 Å². The Bertz CT molecular complexity index is 975. The summed E-state index contributed by atoms with van der Waals surface area (Å²) in [7, 11) is 0. The van der Waals surface area contributed by atoms with E-state index in [4.69, 9.17) is 4.74 Å². The highest BCUT2D eigenvalue weighted by Crippen LogP contribution is 2.13. The van der Waals surface area contributed by atoms with Crippen LogP contribution in [0.5, 0.6) is 0 Å². The van der Waals surface area contributed by atoms with E-state index in [1.165, 1.54) is 18.3 Å². The summed E-state index contributed by atoms with van der Waals surface area (Å²) < 4.78 is 5.41. The number of nitro benzene ring substituents is 1. The molecule has 0 bridgehead atoms. The van der Waals surface area contributed by atoms with Crippen molar-refractivity contribution < 1.29 is 19.2 Å². The molecule has 180 valence electrons. The molecule has 1 fully saturated rings. The highest BCUT2D eigenvalue weighted by atomic mass is 16.6. The van der Waals surface area contributed by atoms with E-state index in [0.717, 1.165) is 12.8 Å². The van der Waals surface area contributed by atoms with Gasteiger partial charge >= 0.3 is 0 Å². The maximum absolute atomic E-state index is 12.9. The summed E-state index contributed by atoms with van der Waals surface area (Å²) in [5, 5.41) is 17.7. The molecular weight excluding hydrogens is 438 g/mol.